The van der Waals surface area contributed by atoms with Crippen molar-refractivity contribution in [2.45, 2.75) is 58.8 Å². The lowest BCUT2D eigenvalue weighted by Gasteiger charge is -2.34. The van der Waals surface area contributed by atoms with Gasteiger partial charge in [-0.3, -0.25) is 4.79 Å². The van der Waals surface area contributed by atoms with Crippen molar-refractivity contribution in [1.29, 1.82) is 0 Å². The molecule has 0 aromatic carbocycles. The summed E-state index contributed by atoms with van der Waals surface area (Å²) < 4.78 is 0. The standard InChI is InChI=1S/C15H30N2O/c1-13(2)8-11-17(3)14(18)15(12-16)9-6-4-5-7-10-15/h13H,4-12,16H2,1-3H3. The van der Waals surface area contributed by atoms with E-state index in [1.54, 1.807) is 0 Å². The highest BCUT2D eigenvalue weighted by Gasteiger charge is 2.38. The minimum absolute atomic E-state index is 0.262. The summed E-state index contributed by atoms with van der Waals surface area (Å²) in [7, 11) is 1.94. The van der Waals surface area contributed by atoms with Crippen molar-refractivity contribution in [2.75, 3.05) is 20.1 Å². The summed E-state index contributed by atoms with van der Waals surface area (Å²) in [6.07, 6.45) is 7.85. The smallest absolute Gasteiger partial charge is 0.229 e. The maximum atomic E-state index is 12.7. The van der Waals surface area contributed by atoms with Gasteiger partial charge < -0.3 is 10.6 Å². The van der Waals surface area contributed by atoms with Crippen LogP contribution in [-0.4, -0.2) is 30.9 Å². The summed E-state index contributed by atoms with van der Waals surface area (Å²) >= 11 is 0. The van der Waals surface area contributed by atoms with Gasteiger partial charge in [0.15, 0.2) is 0 Å². The van der Waals surface area contributed by atoms with Crippen LogP contribution in [0.25, 0.3) is 0 Å². The van der Waals surface area contributed by atoms with Crippen molar-refractivity contribution in [3.05, 3.63) is 0 Å². The summed E-state index contributed by atoms with van der Waals surface area (Å²) in [5.74, 6) is 0.927. The van der Waals surface area contributed by atoms with Crippen LogP contribution in [0.4, 0.5) is 0 Å². The van der Waals surface area contributed by atoms with E-state index in [-0.39, 0.29) is 11.3 Å². The van der Waals surface area contributed by atoms with Gasteiger partial charge in [-0.2, -0.15) is 0 Å². The number of rotatable bonds is 5. The van der Waals surface area contributed by atoms with Crippen LogP contribution in [0.5, 0.6) is 0 Å². The van der Waals surface area contributed by atoms with E-state index >= 15 is 0 Å². The summed E-state index contributed by atoms with van der Waals surface area (Å²) in [6.45, 7) is 5.77. The van der Waals surface area contributed by atoms with E-state index in [4.69, 9.17) is 5.73 Å². The van der Waals surface area contributed by atoms with Crippen LogP contribution in [0.15, 0.2) is 0 Å². The van der Waals surface area contributed by atoms with Gasteiger partial charge in [-0.1, -0.05) is 39.5 Å². The third-order valence-corrected chi connectivity index (χ3v) is 4.29. The number of amides is 1. The molecule has 0 unspecified atom stereocenters. The van der Waals surface area contributed by atoms with E-state index in [0.717, 1.165) is 38.6 Å². The average molecular weight is 254 g/mol. The van der Waals surface area contributed by atoms with Gasteiger partial charge in [0.25, 0.3) is 0 Å². The van der Waals surface area contributed by atoms with Gasteiger partial charge in [-0.25, -0.2) is 0 Å². The highest BCUT2D eigenvalue weighted by molar-refractivity contribution is 5.82. The Morgan fingerprint density at radius 2 is 1.78 bits per heavy atom. The lowest BCUT2D eigenvalue weighted by atomic mass is 9.79. The maximum absolute atomic E-state index is 12.7. The molecule has 0 atom stereocenters. The lowest BCUT2D eigenvalue weighted by molar-refractivity contribution is -0.141. The fraction of sp³-hybridized carbons (Fsp3) is 0.933. The van der Waals surface area contributed by atoms with Gasteiger partial charge >= 0.3 is 0 Å². The Bertz CT molecular complexity index is 255. The first kappa shape index (κ1) is 15.5. The maximum Gasteiger partial charge on any atom is 0.229 e. The molecule has 1 amide bonds. The molecule has 0 saturated heterocycles. The monoisotopic (exact) mass is 254 g/mol. The second kappa shape index (κ2) is 7.13. The number of carbonyl (C=O) groups is 1. The Morgan fingerprint density at radius 1 is 1.22 bits per heavy atom. The largest absolute Gasteiger partial charge is 0.345 e. The van der Waals surface area contributed by atoms with Crippen molar-refractivity contribution >= 4 is 5.91 Å². The average Bonchev–Trinajstić information content (AvgIpc) is 2.61. The summed E-state index contributed by atoms with van der Waals surface area (Å²) in [4.78, 5) is 14.6. The highest BCUT2D eigenvalue weighted by Crippen LogP contribution is 2.35. The normalized spacial score (nSPS) is 19.6. The number of hydrogen-bond donors (Lipinski definition) is 1. The molecule has 1 rings (SSSR count). The molecule has 0 aromatic heterocycles. The molecule has 3 nitrogen and oxygen atoms in total. The fourth-order valence-electron chi connectivity index (χ4n) is 2.87. The van der Waals surface area contributed by atoms with Crippen molar-refractivity contribution < 1.29 is 4.79 Å². The number of nitrogens with zero attached hydrogens (tertiary/aromatic N) is 1. The molecule has 106 valence electrons. The zero-order valence-electron chi connectivity index (χ0n) is 12.4. The topological polar surface area (TPSA) is 46.3 Å². The number of carbonyl (C=O) groups excluding carboxylic acids is 1. The van der Waals surface area contributed by atoms with Gasteiger partial charge in [-0.05, 0) is 25.2 Å². The second-order valence-corrected chi connectivity index (χ2v) is 6.31. The van der Waals surface area contributed by atoms with Gasteiger partial charge in [0.1, 0.15) is 0 Å². The first-order valence-electron chi connectivity index (χ1n) is 7.47. The van der Waals surface area contributed by atoms with Gasteiger partial charge in [0.05, 0.1) is 5.41 Å². The molecule has 1 fully saturated rings. The van der Waals surface area contributed by atoms with Crippen LogP contribution in [0, 0.1) is 11.3 Å². The van der Waals surface area contributed by atoms with Gasteiger partial charge in [0, 0.05) is 20.1 Å². The number of nitrogens with two attached hydrogens (primary N) is 1. The van der Waals surface area contributed by atoms with Crippen LogP contribution >= 0.6 is 0 Å². The summed E-state index contributed by atoms with van der Waals surface area (Å²) in [5.41, 5.74) is 5.69. The molecule has 1 aliphatic rings. The zero-order chi connectivity index (χ0) is 13.6. The third kappa shape index (κ3) is 3.98. The van der Waals surface area contributed by atoms with Crippen molar-refractivity contribution in [1.82, 2.24) is 4.90 Å². The highest BCUT2D eigenvalue weighted by atomic mass is 16.2. The lowest BCUT2D eigenvalue weighted by Crippen LogP contribution is -2.46. The molecule has 0 heterocycles. The molecule has 0 bridgehead atoms. The molecule has 2 N–H and O–H groups in total. The first-order chi connectivity index (χ1) is 8.52. The van der Waals surface area contributed by atoms with Crippen LogP contribution in [0.1, 0.15) is 58.8 Å². The molecule has 1 saturated carbocycles. The molecule has 0 spiro atoms. The van der Waals surface area contributed by atoms with E-state index in [2.05, 4.69) is 13.8 Å². The van der Waals surface area contributed by atoms with Crippen LogP contribution in [0.2, 0.25) is 0 Å². The molecule has 1 aliphatic carbocycles. The van der Waals surface area contributed by atoms with Crippen LogP contribution in [-0.2, 0) is 4.79 Å². The third-order valence-electron chi connectivity index (χ3n) is 4.29. The molecule has 0 aromatic rings. The van der Waals surface area contributed by atoms with Gasteiger partial charge in [0.2, 0.25) is 5.91 Å². The molecular weight excluding hydrogens is 224 g/mol. The molecule has 0 aliphatic heterocycles. The van der Waals surface area contributed by atoms with E-state index in [0.29, 0.717) is 12.5 Å². The Morgan fingerprint density at radius 3 is 2.22 bits per heavy atom. The molecule has 0 radical (unpaired) electrons. The first-order valence-corrected chi connectivity index (χ1v) is 7.47. The van der Waals surface area contributed by atoms with E-state index in [1.807, 2.05) is 11.9 Å². The van der Waals surface area contributed by atoms with Crippen LogP contribution < -0.4 is 5.73 Å². The SMILES string of the molecule is CC(C)CCN(C)C(=O)C1(CN)CCCCCC1. The quantitative estimate of drug-likeness (QED) is 0.767. The minimum atomic E-state index is -0.262. The van der Waals surface area contributed by atoms with Gasteiger partial charge in [-0.15, -0.1) is 0 Å². The van der Waals surface area contributed by atoms with Crippen molar-refractivity contribution in [3.8, 4) is 0 Å². The predicted molar refractivity (Wildman–Crippen MR) is 76.3 cm³/mol. The number of hydrogen-bond acceptors (Lipinski definition) is 2. The summed E-state index contributed by atoms with van der Waals surface area (Å²) in [5, 5.41) is 0. The predicted octanol–water partition coefficient (Wildman–Crippen LogP) is 2.79. The van der Waals surface area contributed by atoms with Crippen molar-refractivity contribution in [2.24, 2.45) is 17.1 Å². The zero-order valence-corrected chi connectivity index (χ0v) is 12.4. The molecule has 3 heteroatoms. The van der Waals surface area contributed by atoms with E-state index in [9.17, 15) is 4.79 Å². The van der Waals surface area contributed by atoms with Crippen LogP contribution in [0.3, 0.4) is 0 Å². The van der Waals surface area contributed by atoms with Crippen molar-refractivity contribution in [3.63, 3.8) is 0 Å². The second-order valence-electron chi connectivity index (χ2n) is 6.31. The fourth-order valence-corrected chi connectivity index (χ4v) is 2.87. The summed E-state index contributed by atoms with van der Waals surface area (Å²) in [6, 6.07) is 0. The minimum Gasteiger partial charge on any atom is -0.345 e. The Hall–Kier alpha value is -0.570. The Labute approximate surface area is 112 Å². The Balaban J connectivity index is 2.64. The molecular formula is C15H30N2O. The van der Waals surface area contributed by atoms with E-state index in [1.165, 1.54) is 12.8 Å². The molecule has 18 heavy (non-hydrogen) atoms. The van der Waals surface area contributed by atoms with E-state index < -0.39 is 0 Å². The Kier molecular flexibility index (Phi) is 6.13.